The highest BCUT2D eigenvalue weighted by molar-refractivity contribution is 5.94. The smallest absolute Gasteiger partial charge is 0.253 e. The van der Waals surface area contributed by atoms with Crippen molar-refractivity contribution < 1.29 is 4.79 Å². The molecule has 0 heterocycles. The molecule has 0 unspecified atom stereocenters. The second-order valence-corrected chi connectivity index (χ2v) is 5.77. The number of amides is 1. The third-order valence-electron chi connectivity index (χ3n) is 3.83. The summed E-state index contributed by atoms with van der Waals surface area (Å²) in [5.74, 6) is 0.0549. The molecule has 0 spiro atoms. The van der Waals surface area contributed by atoms with Gasteiger partial charge in [0.05, 0.1) is 0 Å². The van der Waals surface area contributed by atoms with Crippen molar-refractivity contribution in [3.63, 3.8) is 0 Å². The van der Waals surface area contributed by atoms with Gasteiger partial charge in [-0.3, -0.25) is 4.79 Å². The van der Waals surface area contributed by atoms with Crippen LogP contribution >= 0.6 is 0 Å². The molecule has 0 fully saturated rings. The molecule has 0 radical (unpaired) electrons. The van der Waals surface area contributed by atoms with Crippen molar-refractivity contribution >= 4 is 11.6 Å². The molecule has 0 saturated heterocycles. The van der Waals surface area contributed by atoms with Crippen LogP contribution in [0.15, 0.2) is 48.5 Å². The number of anilines is 1. The zero-order chi connectivity index (χ0) is 16.1. The highest BCUT2D eigenvalue weighted by atomic mass is 16.2. The maximum atomic E-state index is 12.4. The lowest BCUT2D eigenvalue weighted by Gasteiger charge is -2.18. The van der Waals surface area contributed by atoms with Crippen LogP contribution < -0.4 is 4.90 Å². The van der Waals surface area contributed by atoms with Gasteiger partial charge in [0, 0.05) is 38.9 Å². The van der Waals surface area contributed by atoms with Crippen LogP contribution in [0.4, 0.5) is 5.69 Å². The first-order valence-corrected chi connectivity index (χ1v) is 7.62. The largest absolute Gasteiger partial charge is 0.378 e. The minimum absolute atomic E-state index is 0.0549. The number of hydrogen-bond acceptors (Lipinski definition) is 2. The quantitative estimate of drug-likeness (QED) is 0.842. The average molecular weight is 296 g/mol. The molecule has 2 aromatic rings. The molecule has 0 N–H and O–H groups in total. The lowest BCUT2D eigenvalue weighted by molar-refractivity contribution is 0.0785. The van der Waals surface area contributed by atoms with Gasteiger partial charge in [-0.25, -0.2) is 0 Å². The molecule has 0 atom stereocenters. The molecular weight excluding hydrogens is 272 g/mol. The third-order valence-corrected chi connectivity index (χ3v) is 3.83. The molecule has 0 aliphatic rings. The second kappa shape index (κ2) is 7.12. The molecule has 3 heteroatoms. The summed E-state index contributed by atoms with van der Waals surface area (Å²) in [7, 11) is 5.88. The van der Waals surface area contributed by atoms with E-state index in [1.54, 1.807) is 4.90 Å². The number of rotatable bonds is 5. The summed E-state index contributed by atoms with van der Waals surface area (Å²) in [4.78, 5) is 16.3. The molecule has 116 valence electrons. The molecule has 0 aliphatic heterocycles. The van der Waals surface area contributed by atoms with E-state index in [1.165, 1.54) is 5.56 Å². The summed E-state index contributed by atoms with van der Waals surface area (Å²) in [6.45, 7) is 2.72. The van der Waals surface area contributed by atoms with Crippen LogP contribution in [0.1, 0.15) is 28.4 Å². The first-order valence-electron chi connectivity index (χ1n) is 7.62. The van der Waals surface area contributed by atoms with Crippen molar-refractivity contribution in [1.29, 1.82) is 0 Å². The summed E-state index contributed by atoms with van der Waals surface area (Å²) in [5.41, 5.74) is 4.28. The number of hydrogen-bond donors (Lipinski definition) is 0. The van der Waals surface area contributed by atoms with E-state index in [9.17, 15) is 4.79 Å². The van der Waals surface area contributed by atoms with E-state index in [0.717, 1.165) is 23.2 Å². The Morgan fingerprint density at radius 3 is 1.91 bits per heavy atom. The maximum absolute atomic E-state index is 12.4. The molecule has 0 bridgehead atoms. The van der Waals surface area contributed by atoms with Gasteiger partial charge in [0.15, 0.2) is 0 Å². The van der Waals surface area contributed by atoms with Crippen LogP contribution in [-0.4, -0.2) is 32.0 Å². The van der Waals surface area contributed by atoms with Gasteiger partial charge in [-0.1, -0.05) is 31.2 Å². The fourth-order valence-corrected chi connectivity index (χ4v) is 2.35. The Kier molecular flexibility index (Phi) is 5.21. The summed E-state index contributed by atoms with van der Waals surface area (Å²) >= 11 is 0. The van der Waals surface area contributed by atoms with E-state index in [0.29, 0.717) is 6.54 Å². The lowest BCUT2D eigenvalue weighted by Crippen LogP contribution is -2.26. The first-order chi connectivity index (χ1) is 10.5. The van der Waals surface area contributed by atoms with Crippen LogP contribution in [0.25, 0.3) is 0 Å². The molecule has 3 nitrogen and oxygen atoms in total. The van der Waals surface area contributed by atoms with Gasteiger partial charge in [0.2, 0.25) is 0 Å². The second-order valence-electron chi connectivity index (χ2n) is 5.77. The highest BCUT2D eigenvalue weighted by Crippen LogP contribution is 2.15. The van der Waals surface area contributed by atoms with Gasteiger partial charge in [0.1, 0.15) is 0 Å². The molecular formula is C19H24N2O. The predicted molar refractivity (Wildman–Crippen MR) is 92.4 cm³/mol. The lowest BCUT2D eigenvalue weighted by atomic mass is 10.1. The first kappa shape index (κ1) is 16.1. The van der Waals surface area contributed by atoms with Gasteiger partial charge in [-0.05, 0) is 41.8 Å². The Labute approximate surface area is 133 Å². The van der Waals surface area contributed by atoms with Gasteiger partial charge in [-0.2, -0.15) is 0 Å². The molecule has 0 aromatic heterocycles. The zero-order valence-corrected chi connectivity index (χ0v) is 13.8. The normalized spacial score (nSPS) is 10.4. The van der Waals surface area contributed by atoms with E-state index in [1.807, 2.05) is 45.4 Å². The summed E-state index contributed by atoms with van der Waals surface area (Å²) < 4.78 is 0. The van der Waals surface area contributed by atoms with Gasteiger partial charge < -0.3 is 9.80 Å². The highest BCUT2D eigenvalue weighted by Gasteiger charge is 2.12. The van der Waals surface area contributed by atoms with E-state index in [2.05, 4.69) is 36.1 Å². The van der Waals surface area contributed by atoms with Gasteiger partial charge in [-0.15, -0.1) is 0 Å². The Hall–Kier alpha value is -2.29. The number of nitrogens with zero attached hydrogens (tertiary/aromatic N) is 2. The van der Waals surface area contributed by atoms with Crippen molar-refractivity contribution in [2.75, 3.05) is 26.0 Å². The van der Waals surface area contributed by atoms with Crippen LogP contribution in [0, 0.1) is 0 Å². The third kappa shape index (κ3) is 3.88. The minimum atomic E-state index is 0.0549. The van der Waals surface area contributed by atoms with Crippen molar-refractivity contribution in [2.24, 2.45) is 0 Å². The van der Waals surface area contributed by atoms with E-state index in [-0.39, 0.29) is 5.91 Å². The van der Waals surface area contributed by atoms with E-state index >= 15 is 0 Å². The number of carbonyl (C=O) groups is 1. The monoisotopic (exact) mass is 296 g/mol. The molecule has 22 heavy (non-hydrogen) atoms. The summed E-state index contributed by atoms with van der Waals surface area (Å²) in [6, 6.07) is 16.1. The van der Waals surface area contributed by atoms with Crippen LogP contribution in [0.3, 0.4) is 0 Å². The predicted octanol–water partition coefficient (Wildman–Crippen LogP) is 3.59. The summed E-state index contributed by atoms with van der Waals surface area (Å²) in [6.07, 6.45) is 0.989. The fourth-order valence-electron chi connectivity index (χ4n) is 2.35. The molecule has 0 saturated carbocycles. The van der Waals surface area contributed by atoms with Crippen molar-refractivity contribution in [3.05, 3.63) is 65.2 Å². The number of carbonyl (C=O) groups excluding carboxylic acids is 1. The van der Waals surface area contributed by atoms with Gasteiger partial charge >= 0.3 is 0 Å². The fraction of sp³-hybridized carbons (Fsp3) is 0.316. The number of benzene rings is 2. The van der Waals surface area contributed by atoms with Gasteiger partial charge in [0.25, 0.3) is 5.91 Å². The average Bonchev–Trinajstić information content (AvgIpc) is 2.54. The van der Waals surface area contributed by atoms with Crippen LogP contribution in [-0.2, 0) is 13.0 Å². The Bertz CT molecular complexity index is 615. The van der Waals surface area contributed by atoms with Crippen LogP contribution in [0.2, 0.25) is 0 Å². The van der Waals surface area contributed by atoms with Crippen molar-refractivity contribution in [2.45, 2.75) is 19.9 Å². The SMILES string of the molecule is CCc1ccc(C(=O)N(C)Cc2ccc(N(C)C)cc2)cc1. The molecule has 1 amide bonds. The zero-order valence-electron chi connectivity index (χ0n) is 13.8. The Morgan fingerprint density at radius 2 is 1.41 bits per heavy atom. The molecule has 2 aromatic carbocycles. The van der Waals surface area contributed by atoms with E-state index < -0.39 is 0 Å². The Morgan fingerprint density at radius 1 is 0.864 bits per heavy atom. The Balaban J connectivity index is 2.03. The summed E-state index contributed by atoms with van der Waals surface area (Å²) in [5, 5.41) is 0. The van der Waals surface area contributed by atoms with Crippen LogP contribution in [0.5, 0.6) is 0 Å². The molecule has 0 aliphatic carbocycles. The van der Waals surface area contributed by atoms with Crippen molar-refractivity contribution in [3.8, 4) is 0 Å². The number of aryl methyl sites for hydroxylation is 1. The topological polar surface area (TPSA) is 23.6 Å². The standard InChI is InChI=1S/C19H24N2O/c1-5-15-6-10-17(11-7-15)19(22)21(4)14-16-8-12-18(13-9-16)20(2)3/h6-13H,5,14H2,1-4H3. The molecule has 2 rings (SSSR count). The maximum Gasteiger partial charge on any atom is 0.253 e. The van der Waals surface area contributed by atoms with Crippen molar-refractivity contribution in [1.82, 2.24) is 4.90 Å². The van der Waals surface area contributed by atoms with E-state index in [4.69, 9.17) is 0 Å². The minimum Gasteiger partial charge on any atom is -0.378 e.